The molecule has 5 nitrogen and oxygen atoms in total. The van der Waals surface area contributed by atoms with Gasteiger partial charge in [-0.1, -0.05) is 19.1 Å². The van der Waals surface area contributed by atoms with Crippen LogP contribution in [0.1, 0.15) is 23.7 Å². The SMILES string of the molecule is COCCOc1ccccc1C(=O)C(C)CC(=O)O. The highest BCUT2D eigenvalue weighted by Crippen LogP contribution is 2.22. The quantitative estimate of drug-likeness (QED) is 0.575. The number of carbonyl (C=O) groups is 2. The first-order valence-electron chi connectivity index (χ1n) is 6.03. The molecule has 1 N–H and O–H groups in total. The lowest BCUT2D eigenvalue weighted by atomic mass is 9.96. The molecule has 0 amide bonds. The summed E-state index contributed by atoms with van der Waals surface area (Å²) in [5.41, 5.74) is 0.410. The van der Waals surface area contributed by atoms with Crippen LogP contribution in [0.5, 0.6) is 5.75 Å². The van der Waals surface area contributed by atoms with Crippen LogP contribution in [0.4, 0.5) is 0 Å². The van der Waals surface area contributed by atoms with E-state index in [-0.39, 0.29) is 12.2 Å². The van der Waals surface area contributed by atoms with Gasteiger partial charge in [0.25, 0.3) is 0 Å². The average Bonchev–Trinajstić information content (AvgIpc) is 2.38. The van der Waals surface area contributed by atoms with Crippen molar-refractivity contribution in [2.75, 3.05) is 20.3 Å². The van der Waals surface area contributed by atoms with E-state index in [1.54, 1.807) is 38.3 Å². The fourth-order valence-corrected chi connectivity index (χ4v) is 1.65. The number of ketones is 1. The Morgan fingerprint density at radius 2 is 1.95 bits per heavy atom. The lowest BCUT2D eigenvalue weighted by Gasteiger charge is -2.13. The molecule has 0 heterocycles. The highest BCUT2D eigenvalue weighted by atomic mass is 16.5. The fourth-order valence-electron chi connectivity index (χ4n) is 1.65. The second-order valence-electron chi connectivity index (χ2n) is 4.20. The maximum Gasteiger partial charge on any atom is 0.304 e. The van der Waals surface area contributed by atoms with Crippen molar-refractivity contribution in [2.24, 2.45) is 5.92 Å². The second kappa shape index (κ2) is 7.53. The van der Waals surface area contributed by atoms with Crippen molar-refractivity contribution in [1.82, 2.24) is 0 Å². The second-order valence-corrected chi connectivity index (χ2v) is 4.20. The smallest absolute Gasteiger partial charge is 0.304 e. The van der Waals surface area contributed by atoms with Crippen molar-refractivity contribution in [3.8, 4) is 5.75 Å². The number of carboxylic acids is 1. The number of carbonyl (C=O) groups excluding carboxylic acids is 1. The van der Waals surface area contributed by atoms with Gasteiger partial charge in [0.05, 0.1) is 18.6 Å². The van der Waals surface area contributed by atoms with E-state index in [1.807, 2.05) is 0 Å². The minimum atomic E-state index is -0.987. The Kier molecular flexibility index (Phi) is 6.02. The van der Waals surface area contributed by atoms with Crippen LogP contribution < -0.4 is 4.74 Å². The molecule has 0 bridgehead atoms. The lowest BCUT2D eigenvalue weighted by Crippen LogP contribution is -2.17. The molecule has 0 radical (unpaired) electrons. The van der Waals surface area contributed by atoms with Gasteiger partial charge in [-0.25, -0.2) is 0 Å². The van der Waals surface area contributed by atoms with Crippen molar-refractivity contribution >= 4 is 11.8 Å². The van der Waals surface area contributed by atoms with E-state index >= 15 is 0 Å². The summed E-state index contributed by atoms with van der Waals surface area (Å²) in [6.07, 6.45) is -0.189. The van der Waals surface area contributed by atoms with E-state index in [0.717, 1.165) is 0 Å². The van der Waals surface area contributed by atoms with Gasteiger partial charge in [0.1, 0.15) is 12.4 Å². The van der Waals surface area contributed by atoms with Gasteiger partial charge in [-0.2, -0.15) is 0 Å². The van der Waals surface area contributed by atoms with E-state index in [0.29, 0.717) is 24.5 Å². The lowest BCUT2D eigenvalue weighted by molar-refractivity contribution is -0.137. The van der Waals surface area contributed by atoms with Gasteiger partial charge in [0.15, 0.2) is 5.78 Å². The van der Waals surface area contributed by atoms with Gasteiger partial charge in [-0.15, -0.1) is 0 Å². The van der Waals surface area contributed by atoms with Crippen molar-refractivity contribution < 1.29 is 24.2 Å². The van der Waals surface area contributed by atoms with Crippen molar-refractivity contribution in [3.63, 3.8) is 0 Å². The van der Waals surface area contributed by atoms with Gasteiger partial charge < -0.3 is 14.6 Å². The molecule has 5 heteroatoms. The number of aliphatic carboxylic acids is 1. The molecule has 1 aromatic carbocycles. The number of benzene rings is 1. The molecule has 104 valence electrons. The molecule has 0 aliphatic carbocycles. The van der Waals surface area contributed by atoms with Crippen LogP contribution in [0, 0.1) is 5.92 Å². The molecule has 1 rings (SSSR count). The van der Waals surface area contributed by atoms with Gasteiger partial charge in [0, 0.05) is 13.0 Å². The summed E-state index contributed by atoms with van der Waals surface area (Å²) in [7, 11) is 1.56. The monoisotopic (exact) mass is 266 g/mol. The summed E-state index contributed by atoms with van der Waals surface area (Å²) >= 11 is 0. The number of para-hydroxylation sites is 1. The number of rotatable bonds is 8. The maximum atomic E-state index is 12.2. The third-order valence-corrected chi connectivity index (χ3v) is 2.63. The fraction of sp³-hybridized carbons (Fsp3) is 0.429. The van der Waals surface area contributed by atoms with Crippen LogP contribution in [0.3, 0.4) is 0 Å². The number of ether oxygens (including phenoxy) is 2. The van der Waals surface area contributed by atoms with Crippen molar-refractivity contribution in [1.29, 1.82) is 0 Å². The highest BCUT2D eigenvalue weighted by molar-refractivity contribution is 6.01. The Bertz CT molecular complexity index is 441. The molecule has 0 aliphatic heterocycles. The van der Waals surface area contributed by atoms with Gasteiger partial charge >= 0.3 is 5.97 Å². The van der Waals surface area contributed by atoms with Crippen LogP contribution in [-0.2, 0) is 9.53 Å². The standard InChI is InChI=1S/C14H18O5/c1-10(9-13(15)16)14(17)11-5-3-4-6-12(11)19-8-7-18-2/h3-6,10H,7-9H2,1-2H3,(H,15,16). The number of methoxy groups -OCH3 is 1. The molecule has 1 aromatic rings. The zero-order valence-corrected chi connectivity index (χ0v) is 11.1. The molecule has 0 fully saturated rings. The van der Waals surface area contributed by atoms with Crippen LogP contribution in [0.25, 0.3) is 0 Å². The summed E-state index contributed by atoms with van der Waals surface area (Å²) < 4.78 is 10.3. The largest absolute Gasteiger partial charge is 0.490 e. The number of hydrogen-bond donors (Lipinski definition) is 1. The molecule has 1 unspecified atom stereocenters. The summed E-state index contributed by atoms with van der Waals surface area (Å²) in [6.45, 7) is 2.36. The summed E-state index contributed by atoms with van der Waals surface area (Å²) in [5, 5.41) is 8.72. The molecule has 19 heavy (non-hydrogen) atoms. The van der Waals surface area contributed by atoms with E-state index < -0.39 is 11.9 Å². The zero-order valence-electron chi connectivity index (χ0n) is 11.1. The Balaban J connectivity index is 2.80. The summed E-state index contributed by atoms with van der Waals surface area (Å²) in [4.78, 5) is 22.8. The van der Waals surface area contributed by atoms with Gasteiger partial charge in [-0.3, -0.25) is 9.59 Å². The molecule has 0 aliphatic rings. The Morgan fingerprint density at radius 3 is 2.58 bits per heavy atom. The van der Waals surface area contributed by atoms with Crippen molar-refractivity contribution in [3.05, 3.63) is 29.8 Å². The topological polar surface area (TPSA) is 72.8 Å². The third kappa shape index (κ3) is 4.71. The predicted molar refractivity (Wildman–Crippen MR) is 69.6 cm³/mol. The minimum absolute atomic E-state index is 0.189. The molecule has 0 spiro atoms. The van der Waals surface area contributed by atoms with Crippen LogP contribution in [0.2, 0.25) is 0 Å². The van der Waals surface area contributed by atoms with Crippen molar-refractivity contribution in [2.45, 2.75) is 13.3 Å². The first-order chi connectivity index (χ1) is 9.06. The molecule has 0 saturated heterocycles. The third-order valence-electron chi connectivity index (χ3n) is 2.63. The summed E-state index contributed by atoms with van der Waals surface area (Å²) in [5.74, 6) is -1.33. The Morgan fingerprint density at radius 1 is 1.26 bits per heavy atom. The van der Waals surface area contributed by atoms with Crippen LogP contribution in [0.15, 0.2) is 24.3 Å². The van der Waals surface area contributed by atoms with E-state index in [1.165, 1.54) is 0 Å². The van der Waals surface area contributed by atoms with E-state index in [4.69, 9.17) is 14.6 Å². The molecular formula is C14H18O5. The molecule has 1 atom stereocenters. The summed E-state index contributed by atoms with van der Waals surface area (Å²) in [6, 6.07) is 6.82. The predicted octanol–water partition coefficient (Wildman–Crippen LogP) is 2.01. The van der Waals surface area contributed by atoms with Crippen LogP contribution >= 0.6 is 0 Å². The maximum absolute atomic E-state index is 12.2. The van der Waals surface area contributed by atoms with E-state index in [9.17, 15) is 9.59 Å². The minimum Gasteiger partial charge on any atom is -0.490 e. The number of hydrogen-bond acceptors (Lipinski definition) is 4. The highest BCUT2D eigenvalue weighted by Gasteiger charge is 2.21. The first-order valence-corrected chi connectivity index (χ1v) is 6.03. The van der Waals surface area contributed by atoms with Crippen LogP contribution in [-0.4, -0.2) is 37.2 Å². The zero-order chi connectivity index (χ0) is 14.3. The normalized spacial score (nSPS) is 11.9. The Labute approximate surface area is 112 Å². The van der Waals surface area contributed by atoms with Gasteiger partial charge in [-0.05, 0) is 12.1 Å². The molecule has 0 aromatic heterocycles. The molecule has 0 saturated carbocycles. The number of carboxylic acid groups (broad SMARTS) is 1. The Hall–Kier alpha value is -1.88. The molecular weight excluding hydrogens is 248 g/mol. The number of Topliss-reactive ketones (excluding diaryl/α,β-unsaturated/α-hetero) is 1. The van der Waals surface area contributed by atoms with E-state index in [2.05, 4.69) is 0 Å². The average molecular weight is 266 g/mol. The first kappa shape index (κ1) is 15.2. The van der Waals surface area contributed by atoms with Gasteiger partial charge in [0.2, 0.25) is 0 Å².